The van der Waals surface area contributed by atoms with E-state index in [4.69, 9.17) is 5.11 Å². The quantitative estimate of drug-likeness (QED) is 0.742. The van der Waals surface area contributed by atoms with Crippen LogP contribution in [0.1, 0.15) is 24.8 Å². The van der Waals surface area contributed by atoms with Gasteiger partial charge in [0.2, 0.25) is 5.91 Å². The van der Waals surface area contributed by atoms with Crippen LogP contribution in [0, 0.1) is 11.6 Å². The highest BCUT2D eigenvalue weighted by molar-refractivity contribution is 5.94. The highest BCUT2D eigenvalue weighted by Gasteiger charge is 2.10. The summed E-state index contributed by atoms with van der Waals surface area (Å²) in [5.74, 6) is -3.19. The molecule has 1 rings (SSSR count). The average molecular weight is 300 g/mol. The second-order valence-corrected chi connectivity index (χ2v) is 4.21. The van der Waals surface area contributed by atoms with E-state index in [-0.39, 0.29) is 31.4 Å². The van der Waals surface area contributed by atoms with E-state index in [9.17, 15) is 23.2 Å². The smallest absolute Gasteiger partial charge is 0.321 e. The molecule has 0 heterocycles. The maximum atomic E-state index is 13.3. The molecule has 3 amide bonds. The molecule has 0 aliphatic heterocycles. The average Bonchev–Trinajstić information content (AvgIpc) is 2.37. The molecule has 3 N–H and O–H groups in total. The molecule has 1 aromatic rings. The second-order valence-electron chi connectivity index (χ2n) is 4.21. The van der Waals surface area contributed by atoms with Gasteiger partial charge in [-0.2, -0.15) is 0 Å². The Morgan fingerprint density at radius 1 is 1.14 bits per heavy atom. The predicted molar refractivity (Wildman–Crippen MR) is 68.2 cm³/mol. The number of carbonyl (C=O) groups excluding carboxylic acids is 2. The number of nitrogens with one attached hydrogen (secondary N) is 2. The second kappa shape index (κ2) is 7.93. The van der Waals surface area contributed by atoms with E-state index in [0.717, 1.165) is 6.07 Å². The summed E-state index contributed by atoms with van der Waals surface area (Å²) in [6.45, 7) is -0.208. The molecule has 0 saturated carbocycles. The molecule has 0 aliphatic carbocycles. The van der Waals surface area contributed by atoms with E-state index >= 15 is 0 Å². The molecule has 0 bridgehead atoms. The van der Waals surface area contributed by atoms with Gasteiger partial charge in [-0.1, -0.05) is 6.07 Å². The molecular formula is C13H14F2N2O4. The third-order valence-corrected chi connectivity index (χ3v) is 2.50. The molecule has 114 valence electrons. The summed E-state index contributed by atoms with van der Waals surface area (Å²) in [6, 6.07) is 2.08. The van der Waals surface area contributed by atoms with Crippen molar-refractivity contribution in [2.24, 2.45) is 0 Å². The normalized spacial score (nSPS) is 10.0. The number of rotatable bonds is 6. The monoisotopic (exact) mass is 300 g/mol. The van der Waals surface area contributed by atoms with Crippen LogP contribution < -0.4 is 10.6 Å². The van der Waals surface area contributed by atoms with Crippen LogP contribution in [0.4, 0.5) is 13.6 Å². The minimum atomic E-state index is -1.03. The summed E-state index contributed by atoms with van der Waals surface area (Å²) in [5.41, 5.74) is 0.0740. The molecule has 0 saturated heterocycles. The predicted octanol–water partition coefficient (Wildman–Crippen LogP) is 1.55. The molecule has 0 aliphatic rings. The number of carboxylic acid groups (broad SMARTS) is 1. The van der Waals surface area contributed by atoms with Crippen LogP contribution in [0.5, 0.6) is 0 Å². The number of hydrogen-bond donors (Lipinski definition) is 3. The van der Waals surface area contributed by atoms with Gasteiger partial charge in [0.1, 0.15) is 11.6 Å². The standard InChI is InChI=1S/C13H14F2N2O4/c14-9-5-4-8(10(15)6-9)7-16-13(21)17-11(18)2-1-3-12(19)20/h4-6H,1-3,7H2,(H,19,20)(H2,16,17,18,21). The number of carbonyl (C=O) groups is 3. The summed E-state index contributed by atoms with van der Waals surface area (Å²) in [6.07, 6.45) is -0.165. The van der Waals surface area contributed by atoms with Gasteiger partial charge in [0.05, 0.1) is 0 Å². The van der Waals surface area contributed by atoms with E-state index in [1.807, 2.05) is 5.32 Å². The molecule has 6 nitrogen and oxygen atoms in total. The van der Waals surface area contributed by atoms with E-state index in [1.54, 1.807) is 0 Å². The topological polar surface area (TPSA) is 95.5 Å². The zero-order chi connectivity index (χ0) is 15.8. The Morgan fingerprint density at radius 3 is 2.48 bits per heavy atom. The summed E-state index contributed by atoms with van der Waals surface area (Å²) in [5, 5.41) is 12.6. The zero-order valence-corrected chi connectivity index (χ0v) is 11.0. The highest BCUT2D eigenvalue weighted by atomic mass is 19.1. The van der Waals surface area contributed by atoms with Gasteiger partial charge in [0.25, 0.3) is 0 Å². The van der Waals surface area contributed by atoms with Gasteiger partial charge >= 0.3 is 12.0 Å². The van der Waals surface area contributed by atoms with Crippen LogP contribution in [-0.2, 0) is 16.1 Å². The van der Waals surface area contributed by atoms with E-state index < -0.39 is 29.5 Å². The molecule has 0 fully saturated rings. The lowest BCUT2D eigenvalue weighted by Gasteiger charge is -2.07. The fourth-order valence-corrected chi connectivity index (χ4v) is 1.47. The summed E-state index contributed by atoms with van der Waals surface area (Å²) in [7, 11) is 0. The van der Waals surface area contributed by atoms with Crippen LogP contribution in [0.15, 0.2) is 18.2 Å². The van der Waals surface area contributed by atoms with Crippen molar-refractivity contribution in [2.75, 3.05) is 0 Å². The molecular weight excluding hydrogens is 286 g/mol. The lowest BCUT2D eigenvalue weighted by atomic mass is 10.2. The summed E-state index contributed by atoms with van der Waals surface area (Å²) in [4.78, 5) is 32.9. The first-order valence-corrected chi connectivity index (χ1v) is 6.12. The number of carboxylic acids is 1. The largest absolute Gasteiger partial charge is 0.481 e. The number of hydrogen-bond acceptors (Lipinski definition) is 3. The van der Waals surface area contributed by atoms with Crippen molar-refractivity contribution >= 4 is 17.9 Å². The molecule has 0 unspecified atom stereocenters. The summed E-state index contributed by atoms with van der Waals surface area (Å²) < 4.78 is 25.9. The number of halogens is 2. The molecule has 0 atom stereocenters. The van der Waals surface area contributed by atoms with Gasteiger partial charge in [-0.25, -0.2) is 13.6 Å². The fourth-order valence-electron chi connectivity index (χ4n) is 1.47. The minimum absolute atomic E-state index is 0.0740. The highest BCUT2D eigenvalue weighted by Crippen LogP contribution is 2.08. The van der Waals surface area contributed by atoms with Gasteiger partial charge in [-0.15, -0.1) is 0 Å². The van der Waals surface area contributed by atoms with Crippen molar-refractivity contribution in [3.05, 3.63) is 35.4 Å². The van der Waals surface area contributed by atoms with Gasteiger partial charge < -0.3 is 10.4 Å². The fraction of sp³-hybridized carbons (Fsp3) is 0.308. The van der Waals surface area contributed by atoms with Crippen molar-refractivity contribution < 1.29 is 28.3 Å². The Bertz CT molecular complexity index is 549. The Morgan fingerprint density at radius 2 is 1.86 bits per heavy atom. The Hall–Kier alpha value is -2.51. The molecule has 0 radical (unpaired) electrons. The van der Waals surface area contributed by atoms with Crippen molar-refractivity contribution in [1.82, 2.24) is 10.6 Å². The third-order valence-electron chi connectivity index (χ3n) is 2.50. The molecule has 8 heteroatoms. The van der Waals surface area contributed by atoms with Crippen molar-refractivity contribution in [3.8, 4) is 0 Å². The first-order valence-electron chi connectivity index (χ1n) is 6.12. The van der Waals surface area contributed by atoms with Crippen molar-refractivity contribution in [2.45, 2.75) is 25.8 Å². The number of imide groups is 1. The number of aliphatic carboxylic acids is 1. The Kier molecular flexibility index (Phi) is 6.25. The summed E-state index contributed by atoms with van der Waals surface area (Å²) >= 11 is 0. The van der Waals surface area contributed by atoms with Crippen LogP contribution in [0.2, 0.25) is 0 Å². The first-order chi connectivity index (χ1) is 9.88. The SMILES string of the molecule is O=C(O)CCCC(=O)NC(=O)NCc1ccc(F)cc1F. The maximum Gasteiger partial charge on any atom is 0.321 e. The van der Waals surface area contributed by atoms with Crippen LogP contribution in [0.3, 0.4) is 0 Å². The maximum absolute atomic E-state index is 13.3. The van der Waals surface area contributed by atoms with Gasteiger partial charge in [0.15, 0.2) is 0 Å². The molecule has 0 aromatic heterocycles. The van der Waals surface area contributed by atoms with Gasteiger partial charge in [-0.3, -0.25) is 14.9 Å². The number of urea groups is 1. The molecule has 0 spiro atoms. The van der Waals surface area contributed by atoms with Crippen molar-refractivity contribution in [1.29, 1.82) is 0 Å². The zero-order valence-electron chi connectivity index (χ0n) is 11.0. The van der Waals surface area contributed by atoms with Gasteiger partial charge in [0, 0.05) is 31.0 Å². The number of benzene rings is 1. The van der Waals surface area contributed by atoms with Crippen LogP contribution >= 0.6 is 0 Å². The Balaban J connectivity index is 2.33. The minimum Gasteiger partial charge on any atom is -0.481 e. The third kappa shape index (κ3) is 6.46. The van der Waals surface area contributed by atoms with E-state index in [1.165, 1.54) is 6.07 Å². The van der Waals surface area contributed by atoms with Crippen molar-refractivity contribution in [3.63, 3.8) is 0 Å². The lowest BCUT2D eigenvalue weighted by Crippen LogP contribution is -2.39. The molecule has 21 heavy (non-hydrogen) atoms. The first kappa shape index (κ1) is 16.5. The van der Waals surface area contributed by atoms with Gasteiger partial charge in [-0.05, 0) is 12.5 Å². The van der Waals surface area contributed by atoms with Crippen LogP contribution in [-0.4, -0.2) is 23.0 Å². The van der Waals surface area contributed by atoms with Crippen LogP contribution in [0.25, 0.3) is 0 Å². The number of amides is 3. The van der Waals surface area contributed by atoms with E-state index in [2.05, 4.69) is 5.32 Å². The van der Waals surface area contributed by atoms with E-state index in [0.29, 0.717) is 6.07 Å². The molecule has 1 aromatic carbocycles. The lowest BCUT2D eigenvalue weighted by molar-refractivity contribution is -0.137. The Labute approximate surface area is 119 Å².